The highest BCUT2D eigenvalue weighted by Crippen LogP contribution is 2.64. The molecule has 0 spiro atoms. The molecule has 1 heterocycles. The van der Waals surface area contributed by atoms with Crippen molar-refractivity contribution < 1.29 is 67.8 Å². The van der Waals surface area contributed by atoms with Gasteiger partial charge >= 0.3 is 23.9 Å². The molecule has 1 saturated heterocycles. The van der Waals surface area contributed by atoms with Crippen molar-refractivity contribution in [3.63, 3.8) is 0 Å². The maximum atomic E-state index is 15.5. The van der Waals surface area contributed by atoms with E-state index < -0.39 is 113 Å². The Bertz CT molecular complexity index is 2050. The average Bonchev–Trinajstić information content (AvgIpc) is 3.21. The predicted molar refractivity (Wildman–Crippen MR) is 216 cm³/mol. The van der Waals surface area contributed by atoms with Gasteiger partial charge < -0.3 is 44.3 Å². The molecule has 1 aliphatic heterocycles. The van der Waals surface area contributed by atoms with Crippen molar-refractivity contribution in [1.82, 2.24) is 5.32 Å². The maximum absolute atomic E-state index is 15.5. The van der Waals surface area contributed by atoms with Crippen LogP contribution in [0.1, 0.15) is 109 Å². The zero-order valence-corrected chi connectivity index (χ0v) is 35.7. The van der Waals surface area contributed by atoms with Crippen molar-refractivity contribution in [1.29, 1.82) is 0 Å². The van der Waals surface area contributed by atoms with Crippen LogP contribution in [-0.2, 0) is 47.7 Å². The molecule has 11 atom stereocenters. The summed E-state index contributed by atoms with van der Waals surface area (Å²) in [6.07, 6.45) is -7.92. The molecule has 2 aromatic carbocycles. The van der Waals surface area contributed by atoms with Gasteiger partial charge in [-0.2, -0.15) is 0 Å². The molecule has 15 heteroatoms. The minimum atomic E-state index is -2.37. The lowest BCUT2D eigenvalue weighted by molar-refractivity contribution is -0.346. The van der Waals surface area contributed by atoms with Crippen LogP contribution < -0.4 is 5.32 Å². The molecule has 0 radical (unpaired) electrons. The second-order valence-corrected chi connectivity index (χ2v) is 17.5. The Morgan fingerprint density at radius 1 is 0.918 bits per heavy atom. The lowest BCUT2D eigenvalue weighted by atomic mass is 9.44. The van der Waals surface area contributed by atoms with Crippen molar-refractivity contribution in [2.45, 2.75) is 141 Å². The minimum absolute atomic E-state index is 0.0127. The second-order valence-electron chi connectivity index (χ2n) is 17.5. The quantitative estimate of drug-likeness (QED) is 0.0969. The number of rotatable bonds is 13. The second kappa shape index (κ2) is 17.4. The van der Waals surface area contributed by atoms with Crippen LogP contribution in [0.25, 0.3) is 0 Å². The van der Waals surface area contributed by atoms with E-state index in [1.165, 1.54) is 26.0 Å². The normalized spacial score (nSPS) is 32.3. The first-order valence-corrected chi connectivity index (χ1v) is 20.9. The number of benzene rings is 2. The average molecular weight is 848 g/mol. The fourth-order valence-corrected chi connectivity index (χ4v) is 10.1. The van der Waals surface area contributed by atoms with Gasteiger partial charge in [-0.3, -0.25) is 19.2 Å². The number of Topliss-reactive ketones (excluding diaryl/α,β-unsaturated/α-hetero) is 1. The van der Waals surface area contributed by atoms with E-state index in [1.807, 2.05) is 6.92 Å². The molecular formula is C46H57NO14. The lowest BCUT2D eigenvalue weighted by Gasteiger charge is -2.67. The molecule has 6 rings (SSSR count). The standard InChI is InChI=1S/C46H57NO14/c1-8-9-12-21-33(51)47-35(28-17-13-10-14-18-28)36(52)42(55)59-30-23-46(56)40(60-41(54)29-19-15-11-16-20-29)38-44(7,31(50)22-32-45(38,24-57-32)61-27(4)49)39(53)37(58-26(3)48)34(25(30)2)43(46,5)6/h10-11,13-20,30-32,35-38,40,50,52,56H,8-9,12,21-24H2,1-7H3,(H,47,51)/t30-,31+,32-,35-,36+,37-,38-,40-,44-,45?,46-/m1/s1. The number of unbranched alkanes of at least 4 members (excludes halogenated alkanes) is 2. The molecule has 2 aromatic rings. The third-order valence-corrected chi connectivity index (χ3v) is 13.5. The first-order valence-electron chi connectivity index (χ1n) is 20.9. The van der Waals surface area contributed by atoms with Gasteiger partial charge in [0.25, 0.3) is 0 Å². The Labute approximate surface area is 355 Å². The van der Waals surface area contributed by atoms with Crippen LogP contribution in [0.15, 0.2) is 71.8 Å². The van der Waals surface area contributed by atoms with Crippen LogP contribution in [0.3, 0.4) is 0 Å². The third-order valence-electron chi connectivity index (χ3n) is 13.5. The SMILES string of the molecule is CCCCCC(=O)N[C@H](c1ccccc1)[C@H](O)C(=O)O[C@@H]1C[C@@]2(O)[C@H](OC(=O)c3ccccc3)[C@H]3C4(OC(C)=O)CO[C@@H]4C[C@H](O)[C@@]3(C)C(=O)[C@H](OC(C)=O)C(=C1C)C2(C)C. The molecule has 3 aliphatic carbocycles. The topological polar surface area (TPSA) is 221 Å². The summed E-state index contributed by atoms with van der Waals surface area (Å²) >= 11 is 0. The Morgan fingerprint density at radius 2 is 1.56 bits per heavy atom. The summed E-state index contributed by atoms with van der Waals surface area (Å²) in [6.45, 7) is 10.0. The molecular weight excluding hydrogens is 790 g/mol. The van der Waals surface area contributed by atoms with Crippen molar-refractivity contribution in [3.8, 4) is 0 Å². The number of carbonyl (C=O) groups excluding carboxylic acids is 6. The van der Waals surface area contributed by atoms with E-state index in [4.69, 9.17) is 23.7 Å². The fraction of sp³-hybridized carbons (Fsp3) is 0.565. The van der Waals surface area contributed by atoms with Gasteiger partial charge in [0.05, 0.1) is 35.6 Å². The first-order chi connectivity index (χ1) is 28.7. The number of carbonyl (C=O) groups is 6. The zero-order chi connectivity index (χ0) is 44.7. The number of fused-ring (bicyclic) bond motifs is 5. The van der Waals surface area contributed by atoms with E-state index in [9.17, 15) is 39.3 Å². The van der Waals surface area contributed by atoms with Gasteiger partial charge in [-0.1, -0.05) is 82.1 Å². The highest BCUT2D eigenvalue weighted by molar-refractivity contribution is 5.95. The van der Waals surface area contributed by atoms with Crippen molar-refractivity contribution in [2.24, 2.45) is 16.7 Å². The molecule has 0 aromatic heterocycles. The van der Waals surface area contributed by atoms with Crippen LogP contribution in [0.4, 0.5) is 0 Å². The number of hydrogen-bond acceptors (Lipinski definition) is 14. The van der Waals surface area contributed by atoms with Gasteiger partial charge in [0, 0.05) is 38.5 Å². The summed E-state index contributed by atoms with van der Waals surface area (Å²) in [6, 6.07) is 15.0. The molecule has 1 amide bonds. The molecule has 2 saturated carbocycles. The molecule has 330 valence electrons. The largest absolute Gasteiger partial charge is 0.456 e. The van der Waals surface area contributed by atoms with E-state index in [2.05, 4.69) is 5.32 Å². The number of aliphatic hydroxyl groups is 3. The number of ketones is 1. The lowest BCUT2D eigenvalue weighted by Crippen LogP contribution is -2.82. The van der Waals surface area contributed by atoms with Gasteiger partial charge in [0.2, 0.25) is 5.91 Å². The van der Waals surface area contributed by atoms with E-state index in [0.29, 0.717) is 12.0 Å². The Hall–Kier alpha value is -4.96. The molecule has 3 fully saturated rings. The summed E-state index contributed by atoms with van der Waals surface area (Å²) in [5.74, 6) is -6.55. The molecule has 2 bridgehead atoms. The Morgan fingerprint density at radius 3 is 2.13 bits per heavy atom. The zero-order valence-electron chi connectivity index (χ0n) is 35.7. The van der Waals surface area contributed by atoms with Crippen LogP contribution in [0.2, 0.25) is 0 Å². The molecule has 1 unspecified atom stereocenters. The molecule has 4 aliphatic rings. The smallest absolute Gasteiger partial charge is 0.338 e. The van der Waals surface area contributed by atoms with E-state index in [0.717, 1.165) is 26.7 Å². The van der Waals surface area contributed by atoms with Gasteiger partial charge in [-0.05, 0) is 49.1 Å². The van der Waals surface area contributed by atoms with Crippen LogP contribution in [0.5, 0.6) is 0 Å². The number of esters is 4. The number of aliphatic hydroxyl groups excluding tert-OH is 2. The highest BCUT2D eigenvalue weighted by atomic mass is 16.6. The molecule has 15 nitrogen and oxygen atoms in total. The van der Waals surface area contributed by atoms with E-state index >= 15 is 4.79 Å². The van der Waals surface area contributed by atoms with Crippen LogP contribution >= 0.6 is 0 Å². The third kappa shape index (κ3) is 8.01. The van der Waals surface area contributed by atoms with Crippen molar-refractivity contribution in [3.05, 3.63) is 82.9 Å². The van der Waals surface area contributed by atoms with E-state index in [-0.39, 0.29) is 36.2 Å². The number of hydrogen-bond donors (Lipinski definition) is 4. The summed E-state index contributed by atoms with van der Waals surface area (Å²) in [5.41, 5.74) is -7.12. The monoisotopic (exact) mass is 847 g/mol. The van der Waals surface area contributed by atoms with Crippen LogP contribution in [0, 0.1) is 16.7 Å². The number of amides is 1. The predicted octanol–water partition coefficient (Wildman–Crippen LogP) is 4.00. The number of nitrogens with one attached hydrogen (secondary N) is 1. The van der Waals surface area contributed by atoms with Crippen molar-refractivity contribution in [2.75, 3.05) is 6.61 Å². The molecule has 4 N–H and O–H groups in total. The minimum Gasteiger partial charge on any atom is -0.456 e. The van der Waals surface area contributed by atoms with Gasteiger partial charge in [-0.15, -0.1) is 0 Å². The van der Waals surface area contributed by atoms with Crippen molar-refractivity contribution >= 4 is 35.6 Å². The molecule has 61 heavy (non-hydrogen) atoms. The van der Waals surface area contributed by atoms with E-state index in [1.54, 1.807) is 62.4 Å². The van der Waals surface area contributed by atoms with Gasteiger partial charge in [0.1, 0.15) is 23.9 Å². The Kier molecular flexibility index (Phi) is 13.0. The first kappa shape index (κ1) is 45.6. The van der Waals surface area contributed by atoms with Gasteiger partial charge in [-0.25, -0.2) is 9.59 Å². The van der Waals surface area contributed by atoms with Crippen LogP contribution in [-0.4, -0.2) is 105 Å². The summed E-state index contributed by atoms with van der Waals surface area (Å²) in [5, 5.41) is 40.2. The fourth-order valence-electron chi connectivity index (χ4n) is 10.1. The van der Waals surface area contributed by atoms with Gasteiger partial charge in [0.15, 0.2) is 23.6 Å². The number of ether oxygens (including phenoxy) is 5. The maximum Gasteiger partial charge on any atom is 0.338 e. The Balaban J connectivity index is 1.52. The summed E-state index contributed by atoms with van der Waals surface area (Å²) in [4.78, 5) is 83.0. The highest BCUT2D eigenvalue weighted by Gasteiger charge is 2.78. The summed E-state index contributed by atoms with van der Waals surface area (Å²) in [7, 11) is 0. The summed E-state index contributed by atoms with van der Waals surface area (Å²) < 4.78 is 30.3.